The summed E-state index contributed by atoms with van der Waals surface area (Å²) in [5, 5.41) is 6.81. The van der Waals surface area contributed by atoms with Crippen molar-refractivity contribution >= 4 is 11.7 Å². The van der Waals surface area contributed by atoms with E-state index in [2.05, 4.69) is 10.4 Å². The number of nitrogens with one attached hydrogen (secondary N) is 1. The molecule has 0 fully saturated rings. The molecule has 0 bridgehead atoms. The molecule has 0 aliphatic carbocycles. The van der Waals surface area contributed by atoms with Gasteiger partial charge < -0.3 is 20.5 Å². The third-order valence-electron chi connectivity index (χ3n) is 3.15. The SMILES string of the molecule is COc1ccc(C(=O)NCc2cnn(C)c2N)cc1OC. The van der Waals surface area contributed by atoms with E-state index in [4.69, 9.17) is 15.2 Å². The van der Waals surface area contributed by atoms with Crippen molar-refractivity contribution in [2.45, 2.75) is 6.54 Å². The number of nitrogens with two attached hydrogens (primary N) is 1. The molecule has 0 atom stereocenters. The number of anilines is 1. The average molecular weight is 290 g/mol. The minimum absolute atomic E-state index is 0.223. The summed E-state index contributed by atoms with van der Waals surface area (Å²) < 4.78 is 11.9. The van der Waals surface area contributed by atoms with Gasteiger partial charge in [-0.15, -0.1) is 0 Å². The highest BCUT2D eigenvalue weighted by Crippen LogP contribution is 2.27. The topological polar surface area (TPSA) is 91.4 Å². The molecule has 0 saturated carbocycles. The Morgan fingerprint density at radius 2 is 2.05 bits per heavy atom. The Morgan fingerprint density at radius 3 is 2.62 bits per heavy atom. The molecule has 0 aliphatic heterocycles. The highest BCUT2D eigenvalue weighted by atomic mass is 16.5. The normalized spacial score (nSPS) is 10.2. The van der Waals surface area contributed by atoms with Crippen LogP contribution < -0.4 is 20.5 Å². The molecule has 0 spiro atoms. The monoisotopic (exact) mass is 290 g/mol. The van der Waals surface area contributed by atoms with Crippen LogP contribution in [0.5, 0.6) is 11.5 Å². The van der Waals surface area contributed by atoms with Gasteiger partial charge in [0.15, 0.2) is 11.5 Å². The van der Waals surface area contributed by atoms with Crippen LogP contribution in [-0.4, -0.2) is 29.9 Å². The summed E-state index contributed by atoms with van der Waals surface area (Å²) in [6.07, 6.45) is 1.63. The number of hydrogen-bond donors (Lipinski definition) is 2. The van der Waals surface area contributed by atoms with E-state index in [1.165, 1.54) is 7.11 Å². The number of amides is 1. The van der Waals surface area contributed by atoms with E-state index in [-0.39, 0.29) is 5.91 Å². The van der Waals surface area contributed by atoms with E-state index in [0.29, 0.717) is 29.4 Å². The van der Waals surface area contributed by atoms with Gasteiger partial charge >= 0.3 is 0 Å². The van der Waals surface area contributed by atoms with Gasteiger partial charge in [0.05, 0.1) is 20.4 Å². The maximum Gasteiger partial charge on any atom is 0.251 e. The van der Waals surface area contributed by atoms with E-state index >= 15 is 0 Å². The number of nitrogen functional groups attached to an aromatic ring is 1. The Kier molecular flexibility index (Phi) is 4.32. The van der Waals surface area contributed by atoms with Crippen molar-refractivity contribution in [3.05, 3.63) is 35.5 Å². The summed E-state index contributed by atoms with van der Waals surface area (Å²) in [4.78, 5) is 12.1. The second kappa shape index (κ2) is 6.17. The second-order valence-corrected chi connectivity index (χ2v) is 4.43. The zero-order valence-electron chi connectivity index (χ0n) is 12.2. The molecule has 7 nitrogen and oxygen atoms in total. The molecular formula is C14H18N4O3. The van der Waals surface area contributed by atoms with E-state index in [1.54, 1.807) is 43.2 Å². The summed E-state index contributed by atoms with van der Waals surface area (Å²) in [6.45, 7) is 0.312. The number of carbonyl (C=O) groups excluding carboxylic acids is 1. The molecule has 0 saturated heterocycles. The van der Waals surface area contributed by atoms with Crippen LogP contribution >= 0.6 is 0 Å². The fraction of sp³-hybridized carbons (Fsp3) is 0.286. The van der Waals surface area contributed by atoms with E-state index in [1.807, 2.05) is 0 Å². The van der Waals surface area contributed by atoms with Crippen LogP contribution in [0.25, 0.3) is 0 Å². The largest absolute Gasteiger partial charge is 0.493 e. The summed E-state index contributed by atoms with van der Waals surface area (Å²) in [5.74, 6) is 1.39. The maximum absolute atomic E-state index is 12.1. The molecule has 112 valence electrons. The first-order valence-corrected chi connectivity index (χ1v) is 6.33. The number of nitrogens with zero attached hydrogens (tertiary/aromatic N) is 2. The summed E-state index contributed by atoms with van der Waals surface area (Å²) >= 11 is 0. The summed E-state index contributed by atoms with van der Waals surface area (Å²) in [5.41, 5.74) is 7.07. The second-order valence-electron chi connectivity index (χ2n) is 4.43. The quantitative estimate of drug-likeness (QED) is 0.855. The molecule has 2 rings (SSSR count). The van der Waals surface area contributed by atoms with Crippen molar-refractivity contribution in [1.29, 1.82) is 0 Å². The maximum atomic E-state index is 12.1. The van der Waals surface area contributed by atoms with Gasteiger partial charge in [0.25, 0.3) is 5.91 Å². The van der Waals surface area contributed by atoms with Gasteiger partial charge in [-0.05, 0) is 18.2 Å². The highest BCUT2D eigenvalue weighted by molar-refractivity contribution is 5.94. The minimum atomic E-state index is -0.223. The van der Waals surface area contributed by atoms with Gasteiger partial charge in [-0.25, -0.2) is 0 Å². The van der Waals surface area contributed by atoms with Gasteiger partial charge in [0.1, 0.15) is 5.82 Å². The van der Waals surface area contributed by atoms with Crippen LogP contribution in [0, 0.1) is 0 Å². The van der Waals surface area contributed by atoms with Gasteiger partial charge in [0.2, 0.25) is 0 Å². The Labute approximate surface area is 122 Å². The lowest BCUT2D eigenvalue weighted by Gasteiger charge is -2.10. The van der Waals surface area contributed by atoms with Crippen molar-refractivity contribution in [3.8, 4) is 11.5 Å². The fourth-order valence-corrected chi connectivity index (χ4v) is 1.88. The first-order valence-electron chi connectivity index (χ1n) is 6.33. The number of aromatic nitrogens is 2. The van der Waals surface area contributed by atoms with Crippen molar-refractivity contribution in [3.63, 3.8) is 0 Å². The third-order valence-corrected chi connectivity index (χ3v) is 3.15. The zero-order valence-corrected chi connectivity index (χ0v) is 12.2. The van der Waals surface area contributed by atoms with E-state index in [0.717, 1.165) is 5.56 Å². The molecule has 1 amide bonds. The van der Waals surface area contributed by atoms with Crippen LogP contribution in [0.4, 0.5) is 5.82 Å². The molecule has 21 heavy (non-hydrogen) atoms. The van der Waals surface area contributed by atoms with Gasteiger partial charge in [-0.1, -0.05) is 0 Å². The Hall–Kier alpha value is -2.70. The Bertz CT molecular complexity index is 652. The van der Waals surface area contributed by atoms with Gasteiger partial charge in [0, 0.05) is 24.7 Å². The van der Waals surface area contributed by atoms with Crippen LogP contribution in [-0.2, 0) is 13.6 Å². The van der Waals surface area contributed by atoms with Crippen LogP contribution in [0.3, 0.4) is 0 Å². The number of ether oxygens (including phenoxy) is 2. The lowest BCUT2D eigenvalue weighted by Crippen LogP contribution is -2.23. The first kappa shape index (κ1) is 14.7. The number of carbonyl (C=O) groups is 1. The third kappa shape index (κ3) is 3.07. The molecular weight excluding hydrogens is 272 g/mol. The van der Waals surface area contributed by atoms with Crippen LogP contribution in [0.15, 0.2) is 24.4 Å². The van der Waals surface area contributed by atoms with Crippen LogP contribution in [0.2, 0.25) is 0 Å². The average Bonchev–Trinajstić information content (AvgIpc) is 2.83. The van der Waals surface area contributed by atoms with Crippen molar-refractivity contribution in [2.75, 3.05) is 20.0 Å². The number of rotatable bonds is 5. The number of methoxy groups -OCH3 is 2. The molecule has 2 aromatic rings. The number of hydrogen-bond acceptors (Lipinski definition) is 5. The Morgan fingerprint density at radius 1 is 1.33 bits per heavy atom. The van der Waals surface area contributed by atoms with E-state index in [9.17, 15) is 4.79 Å². The molecule has 0 radical (unpaired) electrons. The number of aryl methyl sites for hydroxylation is 1. The lowest BCUT2D eigenvalue weighted by molar-refractivity contribution is 0.0950. The summed E-state index contributed by atoms with van der Waals surface area (Å²) in [7, 11) is 4.81. The highest BCUT2D eigenvalue weighted by Gasteiger charge is 2.12. The standard InChI is InChI=1S/C14H18N4O3/c1-18-13(15)10(8-17-18)7-16-14(19)9-4-5-11(20-2)12(6-9)21-3/h4-6,8H,7,15H2,1-3H3,(H,16,19). The van der Waals surface area contributed by atoms with E-state index < -0.39 is 0 Å². The molecule has 1 heterocycles. The van der Waals surface area contributed by atoms with Gasteiger partial charge in [-0.3, -0.25) is 9.48 Å². The van der Waals surface area contributed by atoms with Crippen molar-refractivity contribution in [1.82, 2.24) is 15.1 Å². The molecule has 1 aromatic carbocycles. The van der Waals surface area contributed by atoms with Crippen molar-refractivity contribution in [2.24, 2.45) is 7.05 Å². The molecule has 7 heteroatoms. The fourth-order valence-electron chi connectivity index (χ4n) is 1.88. The summed E-state index contributed by atoms with van der Waals surface area (Å²) in [6, 6.07) is 4.98. The first-order chi connectivity index (χ1) is 10.1. The van der Waals surface area contributed by atoms with Crippen LogP contribution in [0.1, 0.15) is 15.9 Å². The molecule has 0 aliphatic rings. The van der Waals surface area contributed by atoms with Gasteiger partial charge in [-0.2, -0.15) is 5.10 Å². The number of benzene rings is 1. The predicted octanol–water partition coefficient (Wildman–Crippen LogP) is 0.949. The van der Waals surface area contributed by atoms with Crippen molar-refractivity contribution < 1.29 is 14.3 Å². The minimum Gasteiger partial charge on any atom is -0.493 e. The smallest absolute Gasteiger partial charge is 0.251 e. The Balaban J connectivity index is 2.08. The zero-order chi connectivity index (χ0) is 15.4. The predicted molar refractivity (Wildman–Crippen MR) is 78.3 cm³/mol. The lowest BCUT2D eigenvalue weighted by atomic mass is 10.2. The molecule has 3 N–H and O–H groups in total. The molecule has 0 unspecified atom stereocenters. The molecule has 1 aromatic heterocycles.